The summed E-state index contributed by atoms with van der Waals surface area (Å²) < 4.78 is 24.8. The van der Waals surface area contributed by atoms with E-state index in [1.165, 1.54) is 6.07 Å². The van der Waals surface area contributed by atoms with Crippen molar-refractivity contribution in [2.24, 2.45) is 10.1 Å². The molecule has 9 heteroatoms. The highest BCUT2D eigenvalue weighted by atomic mass is 32.2. The van der Waals surface area contributed by atoms with Crippen molar-refractivity contribution in [3.8, 4) is 0 Å². The first-order valence-electron chi connectivity index (χ1n) is 8.37. The summed E-state index contributed by atoms with van der Waals surface area (Å²) in [4.78, 5) is 4.27. The number of hydrogen-bond donors (Lipinski definition) is 3. The van der Waals surface area contributed by atoms with Crippen LogP contribution in [0.5, 0.6) is 0 Å². The molecule has 1 aromatic carbocycles. The fourth-order valence-corrected chi connectivity index (χ4v) is 3.16. The Balaban J connectivity index is 1.80. The lowest BCUT2D eigenvalue weighted by Gasteiger charge is -2.12. The van der Waals surface area contributed by atoms with E-state index in [1.54, 1.807) is 19.2 Å². The van der Waals surface area contributed by atoms with Gasteiger partial charge in [-0.3, -0.25) is 9.67 Å². The first-order valence-corrected chi connectivity index (χ1v) is 9.91. The molecule has 0 bridgehead atoms. The fourth-order valence-electron chi connectivity index (χ4n) is 2.58. The first kappa shape index (κ1) is 19.9. The molecule has 0 unspecified atom stereocenters. The number of rotatable bonds is 7. The zero-order valence-corrected chi connectivity index (χ0v) is 16.2. The molecule has 8 nitrogen and oxygen atoms in total. The molecule has 4 N–H and O–H groups in total. The van der Waals surface area contributed by atoms with Crippen LogP contribution in [0.3, 0.4) is 0 Å². The van der Waals surface area contributed by atoms with Gasteiger partial charge in [0, 0.05) is 32.4 Å². The molecule has 0 aliphatic rings. The summed E-state index contributed by atoms with van der Waals surface area (Å²) in [5, 5.41) is 16.0. The molecule has 0 atom stereocenters. The molecule has 26 heavy (non-hydrogen) atoms. The number of guanidine groups is 1. The topological polar surface area (TPSA) is 114 Å². The summed E-state index contributed by atoms with van der Waals surface area (Å²) in [6, 6.07) is 8.59. The molecular formula is C17H26N6O2S. The van der Waals surface area contributed by atoms with E-state index in [-0.39, 0.29) is 4.90 Å². The third kappa shape index (κ3) is 5.85. The average Bonchev–Trinajstić information content (AvgIpc) is 2.91. The maximum absolute atomic E-state index is 11.4. The van der Waals surface area contributed by atoms with Gasteiger partial charge in [-0.05, 0) is 44.0 Å². The lowest BCUT2D eigenvalue weighted by Crippen LogP contribution is -2.37. The number of sulfonamides is 1. The van der Waals surface area contributed by atoms with Gasteiger partial charge in [0.05, 0.1) is 10.6 Å². The van der Waals surface area contributed by atoms with E-state index in [4.69, 9.17) is 5.14 Å². The van der Waals surface area contributed by atoms with Crippen molar-refractivity contribution < 1.29 is 8.42 Å². The molecule has 0 saturated heterocycles. The summed E-state index contributed by atoms with van der Waals surface area (Å²) >= 11 is 0. The van der Waals surface area contributed by atoms with Gasteiger partial charge in [-0.25, -0.2) is 13.6 Å². The Morgan fingerprint density at radius 1 is 1.27 bits per heavy atom. The summed E-state index contributed by atoms with van der Waals surface area (Å²) in [7, 11) is -2.01. The van der Waals surface area contributed by atoms with Crippen molar-refractivity contribution in [1.82, 2.24) is 20.4 Å². The van der Waals surface area contributed by atoms with Gasteiger partial charge in [0.15, 0.2) is 5.96 Å². The van der Waals surface area contributed by atoms with Crippen LogP contribution in [0.4, 0.5) is 0 Å². The quantitative estimate of drug-likeness (QED) is 0.376. The zero-order valence-electron chi connectivity index (χ0n) is 15.4. The summed E-state index contributed by atoms with van der Waals surface area (Å²) in [5.41, 5.74) is 2.98. The third-order valence-corrected chi connectivity index (χ3v) is 4.76. The third-order valence-electron chi connectivity index (χ3n) is 3.85. The predicted octanol–water partition coefficient (Wildman–Crippen LogP) is 0.903. The highest BCUT2D eigenvalue weighted by Crippen LogP contribution is 2.09. The van der Waals surface area contributed by atoms with Gasteiger partial charge >= 0.3 is 0 Å². The van der Waals surface area contributed by atoms with Crippen LogP contribution in [0.2, 0.25) is 0 Å². The molecule has 2 rings (SSSR count). The van der Waals surface area contributed by atoms with E-state index in [9.17, 15) is 8.42 Å². The van der Waals surface area contributed by atoms with Crippen LogP contribution < -0.4 is 15.8 Å². The van der Waals surface area contributed by atoms with Crippen molar-refractivity contribution in [2.45, 2.75) is 38.3 Å². The van der Waals surface area contributed by atoms with Gasteiger partial charge < -0.3 is 10.6 Å². The molecule has 1 aromatic heterocycles. The number of aromatic nitrogens is 2. The van der Waals surface area contributed by atoms with Crippen LogP contribution in [0.1, 0.15) is 23.4 Å². The molecular weight excluding hydrogens is 352 g/mol. The molecule has 0 fully saturated rings. The number of nitrogens with zero attached hydrogens (tertiary/aromatic N) is 3. The molecule has 0 aliphatic heterocycles. The maximum atomic E-state index is 11.4. The van der Waals surface area contributed by atoms with Crippen LogP contribution in [-0.2, 0) is 23.1 Å². The van der Waals surface area contributed by atoms with Crippen molar-refractivity contribution in [1.29, 1.82) is 0 Å². The Hall–Kier alpha value is -2.39. The van der Waals surface area contributed by atoms with Crippen LogP contribution in [0.15, 0.2) is 40.2 Å². The Bertz CT molecular complexity index is 873. The minimum Gasteiger partial charge on any atom is -0.356 e. The minimum atomic E-state index is -3.70. The molecule has 0 aliphatic carbocycles. The van der Waals surface area contributed by atoms with Crippen molar-refractivity contribution in [2.75, 3.05) is 13.6 Å². The maximum Gasteiger partial charge on any atom is 0.238 e. The van der Waals surface area contributed by atoms with Gasteiger partial charge in [0.2, 0.25) is 10.0 Å². The van der Waals surface area contributed by atoms with E-state index in [2.05, 4.69) is 26.8 Å². The second kappa shape index (κ2) is 8.81. The summed E-state index contributed by atoms with van der Waals surface area (Å²) in [5.74, 6) is 0.652. The van der Waals surface area contributed by atoms with Gasteiger partial charge in [-0.1, -0.05) is 12.1 Å². The van der Waals surface area contributed by atoms with Crippen LogP contribution in [-0.4, -0.2) is 37.8 Å². The van der Waals surface area contributed by atoms with E-state index in [0.717, 1.165) is 36.5 Å². The first-order chi connectivity index (χ1) is 12.3. The Morgan fingerprint density at radius 3 is 2.65 bits per heavy atom. The van der Waals surface area contributed by atoms with Gasteiger partial charge in [-0.2, -0.15) is 5.10 Å². The van der Waals surface area contributed by atoms with E-state index in [1.807, 2.05) is 24.6 Å². The minimum absolute atomic E-state index is 0.102. The number of aryl methyl sites for hydroxylation is 3. The van der Waals surface area contributed by atoms with Crippen molar-refractivity contribution in [3.05, 3.63) is 47.3 Å². The standard InChI is InChI=1S/C17H26N6O2S/c1-13-10-14(2)23(22-13)9-5-8-20-17(19-3)21-12-15-6-4-7-16(11-15)26(18,24)25/h4,6-7,10-11H,5,8-9,12H2,1-3H3,(H2,18,24,25)(H2,19,20,21). The van der Waals surface area contributed by atoms with Crippen molar-refractivity contribution in [3.63, 3.8) is 0 Å². The summed E-state index contributed by atoms with van der Waals surface area (Å²) in [6.45, 7) is 6.05. The highest BCUT2D eigenvalue weighted by molar-refractivity contribution is 7.89. The van der Waals surface area contributed by atoms with Gasteiger partial charge in [0.25, 0.3) is 0 Å². The number of nitrogens with one attached hydrogen (secondary N) is 2. The van der Waals surface area contributed by atoms with Gasteiger partial charge in [-0.15, -0.1) is 0 Å². The molecule has 142 valence electrons. The van der Waals surface area contributed by atoms with E-state index in [0.29, 0.717) is 12.5 Å². The Kier molecular flexibility index (Phi) is 6.76. The Morgan fingerprint density at radius 2 is 2.04 bits per heavy atom. The van der Waals surface area contributed by atoms with Crippen LogP contribution in [0.25, 0.3) is 0 Å². The number of primary sulfonamides is 1. The normalized spacial score (nSPS) is 12.2. The smallest absolute Gasteiger partial charge is 0.238 e. The lowest BCUT2D eigenvalue weighted by molar-refractivity contribution is 0.555. The molecule has 1 heterocycles. The zero-order chi connectivity index (χ0) is 19.2. The van der Waals surface area contributed by atoms with Crippen molar-refractivity contribution >= 4 is 16.0 Å². The second-order valence-corrected chi connectivity index (χ2v) is 7.61. The summed E-state index contributed by atoms with van der Waals surface area (Å²) in [6.07, 6.45) is 0.906. The highest BCUT2D eigenvalue weighted by Gasteiger charge is 2.08. The Labute approximate surface area is 154 Å². The molecule has 0 radical (unpaired) electrons. The van der Waals surface area contributed by atoms with Crippen LogP contribution in [0, 0.1) is 13.8 Å². The fraction of sp³-hybridized carbons (Fsp3) is 0.412. The number of nitrogens with two attached hydrogens (primary N) is 1. The number of hydrogen-bond acceptors (Lipinski definition) is 4. The molecule has 0 spiro atoms. The molecule has 0 amide bonds. The van der Waals surface area contributed by atoms with E-state index < -0.39 is 10.0 Å². The largest absolute Gasteiger partial charge is 0.356 e. The van der Waals surface area contributed by atoms with Crippen LogP contribution >= 0.6 is 0 Å². The number of benzene rings is 1. The predicted molar refractivity (Wildman–Crippen MR) is 102 cm³/mol. The SMILES string of the molecule is CN=C(NCCCn1nc(C)cc1C)NCc1cccc(S(N)(=O)=O)c1. The number of aliphatic imine (C=N–C) groups is 1. The average molecular weight is 379 g/mol. The lowest BCUT2D eigenvalue weighted by atomic mass is 10.2. The molecule has 2 aromatic rings. The molecule has 0 saturated carbocycles. The monoisotopic (exact) mass is 378 g/mol. The van der Waals surface area contributed by atoms with Gasteiger partial charge in [0.1, 0.15) is 0 Å². The van der Waals surface area contributed by atoms with E-state index >= 15 is 0 Å². The second-order valence-electron chi connectivity index (χ2n) is 6.05.